The van der Waals surface area contributed by atoms with Crippen LogP contribution < -0.4 is 4.74 Å². The van der Waals surface area contributed by atoms with Crippen molar-refractivity contribution in [3.8, 4) is 5.75 Å². The minimum absolute atomic E-state index is 0.00350. The third kappa shape index (κ3) is 3.08. The van der Waals surface area contributed by atoms with Gasteiger partial charge in [-0.2, -0.15) is 0 Å². The van der Waals surface area contributed by atoms with E-state index in [1.54, 1.807) is 23.5 Å². The number of ether oxygens (including phenoxy) is 1. The Bertz CT molecular complexity index is 582. The van der Waals surface area contributed by atoms with Gasteiger partial charge in [-0.15, -0.1) is 11.3 Å². The highest BCUT2D eigenvalue weighted by molar-refractivity contribution is 9.10. The molecular weight excluding hydrogens is 318 g/mol. The molecule has 0 N–H and O–H groups in total. The van der Waals surface area contributed by atoms with Crippen LogP contribution in [0, 0.1) is 17.0 Å². The Morgan fingerprint density at radius 1 is 1.44 bits per heavy atom. The van der Waals surface area contributed by atoms with E-state index in [2.05, 4.69) is 15.9 Å². The van der Waals surface area contributed by atoms with Gasteiger partial charge in [-0.25, -0.2) is 0 Å². The molecule has 0 bridgehead atoms. The summed E-state index contributed by atoms with van der Waals surface area (Å²) in [5.41, 5.74) is 0.930. The van der Waals surface area contributed by atoms with Gasteiger partial charge in [-0.3, -0.25) is 10.1 Å². The minimum Gasteiger partial charge on any atom is -0.481 e. The number of thiophene rings is 1. The summed E-state index contributed by atoms with van der Waals surface area (Å²) in [4.78, 5) is 11.4. The van der Waals surface area contributed by atoms with Crippen LogP contribution in [0.4, 0.5) is 5.69 Å². The van der Waals surface area contributed by atoms with Crippen LogP contribution in [0.1, 0.15) is 10.4 Å². The molecule has 0 aliphatic heterocycles. The van der Waals surface area contributed by atoms with E-state index < -0.39 is 4.92 Å². The van der Waals surface area contributed by atoms with Crippen molar-refractivity contribution < 1.29 is 9.66 Å². The Morgan fingerprint density at radius 3 is 2.83 bits per heavy atom. The number of hydrogen-bond acceptors (Lipinski definition) is 4. The highest BCUT2D eigenvalue weighted by Gasteiger charge is 2.15. The second kappa shape index (κ2) is 5.49. The molecule has 0 atom stereocenters. The lowest BCUT2D eigenvalue weighted by Crippen LogP contribution is -1.98. The highest BCUT2D eigenvalue weighted by Crippen LogP contribution is 2.29. The largest absolute Gasteiger partial charge is 0.481 e. The molecule has 0 spiro atoms. The number of nitro benzene ring substituents is 1. The molecule has 0 unspecified atom stereocenters. The van der Waals surface area contributed by atoms with Gasteiger partial charge in [0.15, 0.2) is 5.75 Å². The minimum atomic E-state index is -0.431. The maximum atomic E-state index is 10.9. The highest BCUT2D eigenvalue weighted by atomic mass is 79.9. The van der Waals surface area contributed by atoms with Crippen LogP contribution in [-0.2, 0) is 6.61 Å². The van der Waals surface area contributed by atoms with E-state index in [-0.39, 0.29) is 5.69 Å². The van der Waals surface area contributed by atoms with E-state index in [1.165, 1.54) is 6.07 Å². The van der Waals surface area contributed by atoms with E-state index >= 15 is 0 Å². The molecule has 2 aromatic rings. The van der Waals surface area contributed by atoms with Crippen LogP contribution in [0.5, 0.6) is 5.75 Å². The summed E-state index contributed by atoms with van der Waals surface area (Å²) >= 11 is 4.90. The average Bonchev–Trinajstić information content (AvgIpc) is 2.72. The molecule has 4 nitrogen and oxygen atoms in total. The Labute approximate surface area is 116 Å². The van der Waals surface area contributed by atoms with Gasteiger partial charge >= 0.3 is 5.69 Å². The second-order valence-corrected chi connectivity index (χ2v) is 5.66. The lowest BCUT2D eigenvalue weighted by atomic mass is 10.2. The zero-order chi connectivity index (χ0) is 13.1. The summed E-state index contributed by atoms with van der Waals surface area (Å²) in [6, 6.07) is 6.79. The second-order valence-electron chi connectivity index (χ2n) is 3.75. The zero-order valence-electron chi connectivity index (χ0n) is 9.55. The van der Waals surface area contributed by atoms with Crippen molar-refractivity contribution in [1.29, 1.82) is 0 Å². The van der Waals surface area contributed by atoms with Crippen molar-refractivity contribution in [2.24, 2.45) is 0 Å². The average molecular weight is 328 g/mol. The molecule has 6 heteroatoms. The van der Waals surface area contributed by atoms with E-state index in [0.29, 0.717) is 12.4 Å². The van der Waals surface area contributed by atoms with Crippen molar-refractivity contribution in [3.05, 3.63) is 54.7 Å². The summed E-state index contributed by atoms with van der Waals surface area (Å²) < 4.78 is 6.52. The van der Waals surface area contributed by atoms with E-state index in [1.807, 2.05) is 18.4 Å². The van der Waals surface area contributed by atoms with Crippen LogP contribution in [-0.4, -0.2) is 4.92 Å². The normalized spacial score (nSPS) is 10.3. The predicted molar refractivity (Wildman–Crippen MR) is 74.2 cm³/mol. The van der Waals surface area contributed by atoms with E-state index in [9.17, 15) is 10.1 Å². The Balaban J connectivity index is 2.17. The Morgan fingerprint density at radius 2 is 2.22 bits per heavy atom. The third-order valence-corrected chi connectivity index (χ3v) is 3.97. The number of halogens is 1. The molecule has 94 valence electrons. The fourth-order valence-electron chi connectivity index (χ4n) is 1.47. The van der Waals surface area contributed by atoms with Crippen LogP contribution in [0.2, 0.25) is 0 Å². The number of rotatable bonds is 4. The first kappa shape index (κ1) is 13.0. The van der Waals surface area contributed by atoms with Crippen LogP contribution in [0.15, 0.2) is 34.1 Å². The maximum absolute atomic E-state index is 10.9. The van der Waals surface area contributed by atoms with Gasteiger partial charge in [-0.05, 0) is 40.5 Å². The van der Waals surface area contributed by atoms with Gasteiger partial charge in [0.25, 0.3) is 0 Å². The van der Waals surface area contributed by atoms with Crippen molar-refractivity contribution in [3.63, 3.8) is 0 Å². The summed E-state index contributed by atoms with van der Waals surface area (Å²) in [5, 5.41) is 12.8. The third-order valence-electron chi connectivity index (χ3n) is 2.30. The molecule has 1 aromatic heterocycles. The summed E-state index contributed by atoms with van der Waals surface area (Å²) in [5.74, 6) is 0.310. The van der Waals surface area contributed by atoms with Gasteiger partial charge in [-0.1, -0.05) is 6.07 Å². The molecule has 1 aromatic carbocycles. The van der Waals surface area contributed by atoms with E-state index in [0.717, 1.165) is 14.9 Å². The number of aryl methyl sites for hydroxylation is 1. The SMILES string of the molecule is Cc1ccc([N+](=O)[O-])c(OCc2cc(Br)cs2)c1. The van der Waals surface area contributed by atoms with Crippen molar-refractivity contribution in [2.45, 2.75) is 13.5 Å². The number of hydrogen-bond donors (Lipinski definition) is 0. The Kier molecular flexibility index (Phi) is 3.98. The predicted octanol–water partition coefficient (Wildman–Crippen LogP) is 4.31. The molecule has 0 radical (unpaired) electrons. The number of nitrogens with zero attached hydrogens (tertiary/aromatic N) is 1. The smallest absolute Gasteiger partial charge is 0.310 e. The van der Waals surface area contributed by atoms with E-state index in [4.69, 9.17) is 4.74 Å². The summed E-state index contributed by atoms with van der Waals surface area (Å²) in [7, 11) is 0. The van der Waals surface area contributed by atoms with Gasteiger partial charge in [0.2, 0.25) is 0 Å². The first-order valence-corrected chi connectivity index (χ1v) is 6.84. The van der Waals surface area contributed by atoms with Crippen LogP contribution in [0.25, 0.3) is 0 Å². The Hall–Kier alpha value is -1.40. The van der Waals surface area contributed by atoms with Crippen molar-refractivity contribution >= 4 is 33.0 Å². The fourth-order valence-corrected chi connectivity index (χ4v) is 2.83. The van der Waals surface area contributed by atoms with Crippen LogP contribution >= 0.6 is 27.3 Å². The molecule has 0 saturated carbocycles. The monoisotopic (exact) mass is 327 g/mol. The number of nitro groups is 1. The fraction of sp³-hybridized carbons (Fsp3) is 0.167. The molecule has 2 rings (SSSR count). The molecule has 0 aliphatic carbocycles. The zero-order valence-corrected chi connectivity index (χ0v) is 12.0. The van der Waals surface area contributed by atoms with Gasteiger partial charge in [0.1, 0.15) is 6.61 Å². The quantitative estimate of drug-likeness (QED) is 0.621. The molecule has 0 fully saturated rings. The molecule has 1 heterocycles. The summed E-state index contributed by atoms with van der Waals surface area (Å²) in [6.07, 6.45) is 0. The molecule has 0 saturated heterocycles. The lowest BCUT2D eigenvalue weighted by molar-refractivity contribution is -0.385. The van der Waals surface area contributed by atoms with Gasteiger partial charge in [0.05, 0.1) is 4.92 Å². The summed E-state index contributed by atoms with van der Waals surface area (Å²) in [6.45, 7) is 2.21. The number of benzene rings is 1. The molecular formula is C12H10BrNO3S. The first-order valence-electron chi connectivity index (χ1n) is 5.17. The van der Waals surface area contributed by atoms with Crippen LogP contribution in [0.3, 0.4) is 0 Å². The van der Waals surface area contributed by atoms with Crippen molar-refractivity contribution in [1.82, 2.24) is 0 Å². The topological polar surface area (TPSA) is 52.4 Å². The van der Waals surface area contributed by atoms with Gasteiger partial charge < -0.3 is 4.74 Å². The van der Waals surface area contributed by atoms with Crippen molar-refractivity contribution in [2.75, 3.05) is 0 Å². The standard InChI is InChI=1S/C12H10BrNO3S/c1-8-2-3-11(14(15)16)12(4-8)17-6-10-5-9(13)7-18-10/h2-5,7H,6H2,1H3. The molecule has 0 aliphatic rings. The van der Waals surface area contributed by atoms with Gasteiger partial charge in [0, 0.05) is 20.8 Å². The molecule has 0 amide bonds. The molecule has 18 heavy (non-hydrogen) atoms. The lowest BCUT2D eigenvalue weighted by Gasteiger charge is -2.06. The maximum Gasteiger partial charge on any atom is 0.310 e. The first-order chi connectivity index (χ1) is 8.56.